The van der Waals surface area contributed by atoms with Crippen LogP contribution in [0.1, 0.15) is 19.8 Å². The van der Waals surface area contributed by atoms with Crippen LogP contribution in [0.4, 0.5) is 4.79 Å². The largest absolute Gasteiger partial charge is 0.550 e. The summed E-state index contributed by atoms with van der Waals surface area (Å²) in [5, 5.41) is 9.67. The number of carbonyl (C=O) groups is 1. The van der Waals surface area contributed by atoms with Crippen molar-refractivity contribution in [3.63, 3.8) is 0 Å². The van der Waals surface area contributed by atoms with E-state index in [-0.39, 0.29) is 6.61 Å². The van der Waals surface area contributed by atoms with Gasteiger partial charge in [0.15, 0.2) is 0 Å². The van der Waals surface area contributed by atoms with Crippen molar-refractivity contribution < 1.29 is 14.6 Å². The van der Waals surface area contributed by atoms with Gasteiger partial charge in [0.1, 0.15) is 0 Å². The van der Waals surface area contributed by atoms with Crippen molar-refractivity contribution in [3.8, 4) is 0 Å². The number of ether oxygens (including phenoxy) is 1. The van der Waals surface area contributed by atoms with Crippen LogP contribution in [-0.4, -0.2) is 12.8 Å². The quantitative estimate of drug-likeness (QED) is 0.343. The smallest absolute Gasteiger partial charge is 0.431 e. The third kappa shape index (κ3) is 7.01. The second kappa shape index (κ2) is 6.13. The molecule has 0 saturated carbocycles. The van der Waals surface area contributed by atoms with E-state index in [1.54, 1.807) is 0 Å². The maximum absolute atomic E-state index is 9.67. The van der Waals surface area contributed by atoms with E-state index in [0.29, 0.717) is 6.42 Å². The average molecular weight is 143 g/mol. The summed E-state index contributed by atoms with van der Waals surface area (Å²) in [4.78, 5) is 9.67. The molecule has 0 aromatic heterocycles. The van der Waals surface area contributed by atoms with Crippen molar-refractivity contribution >= 4 is 6.16 Å². The molecule has 0 rings (SSSR count). The van der Waals surface area contributed by atoms with Gasteiger partial charge in [-0.25, -0.2) is 0 Å². The Hall–Kier alpha value is -0.990. The third-order valence-electron chi connectivity index (χ3n) is 0.907. The molecule has 3 heteroatoms. The Morgan fingerprint density at radius 1 is 1.50 bits per heavy atom. The van der Waals surface area contributed by atoms with Crippen molar-refractivity contribution in [2.24, 2.45) is 0 Å². The molecule has 57 valence electrons. The number of hydrogen-bond acceptors (Lipinski definition) is 2. The van der Waals surface area contributed by atoms with Crippen LogP contribution in [0.15, 0.2) is 12.2 Å². The summed E-state index contributed by atoms with van der Waals surface area (Å²) in [7, 11) is 0. The van der Waals surface area contributed by atoms with Gasteiger partial charge in [-0.05, 0) is 12.8 Å². The summed E-state index contributed by atoms with van der Waals surface area (Å²) in [6.45, 7) is 2.20. The molecule has 0 aliphatic rings. The highest BCUT2D eigenvalue weighted by Crippen LogP contribution is 1.87. The second-order valence-electron chi connectivity index (χ2n) is 1.77. The van der Waals surface area contributed by atoms with Gasteiger partial charge in [0.05, 0.1) is 6.61 Å². The fourth-order valence-electron chi connectivity index (χ4n) is 0.495. The Morgan fingerprint density at radius 3 is 2.70 bits per heavy atom. The van der Waals surface area contributed by atoms with Gasteiger partial charge in [0, 0.05) is 0 Å². The van der Waals surface area contributed by atoms with Crippen LogP contribution in [0, 0.1) is 0 Å². The van der Waals surface area contributed by atoms with Gasteiger partial charge >= 0.3 is 6.16 Å². The Bertz CT molecular complexity index is 118. The number of rotatable bonds is 4. The number of hydrogen-bond donors (Lipinski definition) is 0. The van der Waals surface area contributed by atoms with Gasteiger partial charge in [-0.2, -0.15) is 9.90 Å². The Kier molecular flexibility index (Phi) is 5.53. The molecule has 0 aliphatic carbocycles. The van der Waals surface area contributed by atoms with E-state index >= 15 is 0 Å². The van der Waals surface area contributed by atoms with E-state index in [1.165, 1.54) is 0 Å². The van der Waals surface area contributed by atoms with Crippen LogP contribution in [0.3, 0.4) is 0 Å². The first-order valence-electron chi connectivity index (χ1n) is 3.26. The molecular formula is C7H11O3. The lowest BCUT2D eigenvalue weighted by Gasteiger charge is -1.91. The minimum absolute atomic E-state index is 0.193. The molecule has 1 radical (unpaired) electrons. The van der Waals surface area contributed by atoms with E-state index in [2.05, 4.69) is 4.74 Å². The van der Waals surface area contributed by atoms with Crippen LogP contribution < -0.4 is 0 Å². The van der Waals surface area contributed by atoms with Gasteiger partial charge in [-0.3, -0.25) is 0 Å². The van der Waals surface area contributed by atoms with Gasteiger partial charge in [0.2, 0.25) is 0 Å². The molecule has 0 fully saturated rings. The summed E-state index contributed by atoms with van der Waals surface area (Å²) in [6.07, 6.45) is 3.97. The Balaban J connectivity index is 3.05. The highest BCUT2D eigenvalue weighted by atomic mass is 16.7. The Morgan fingerprint density at radius 2 is 2.20 bits per heavy atom. The zero-order valence-corrected chi connectivity index (χ0v) is 6.00. The normalized spacial score (nSPS) is 10.1. The predicted octanol–water partition coefficient (Wildman–Crippen LogP) is 1.91. The molecule has 0 saturated heterocycles. The highest BCUT2D eigenvalue weighted by Gasteiger charge is 1.94. The lowest BCUT2D eigenvalue weighted by molar-refractivity contribution is 0.0692. The third-order valence-corrected chi connectivity index (χ3v) is 0.907. The molecule has 0 bridgehead atoms. The van der Waals surface area contributed by atoms with Crippen LogP contribution in [0.2, 0.25) is 0 Å². The second-order valence-corrected chi connectivity index (χ2v) is 1.77. The molecule has 0 aromatic rings. The molecule has 0 aromatic carbocycles. The van der Waals surface area contributed by atoms with Crippen molar-refractivity contribution in [1.82, 2.24) is 0 Å². The first kappa shape index (κ1) is 9.01. The average Bonchev–Trinajstić information content (AvgIpc) is 1.87. The van der Waals surface area contributed by atoms with Crippen LogP contribution in [-0.2, 0) is 9.84 Å². The van der Waals surface area contributed by atoms with Crippen LogP contribution in [0.5, 0.6) is 0 Å². The fraction of sp³-hybridized carbons (Fsp3) is 0.571. The molecule has 0 spiro atoms. The predicted molar refractivity (Wildman–Crippen MR) is 36.1 cm³/mol. The fourth-order valence-corrected chi connectivity index (χ4v) is 0.495. The highest BCUT2D eigenvalue weighted by molar-refractivity contribution is 5.56. The number of carbonyl (C=O) groups excluding carboxylic acids is 1. The molecular weight excluding hydrogens is 132 g/mol. The maximum Gasteiger partial charge on any atom is 0.550 e. The van der Waals surface area contributed by atoms with Gasteiger partial charge in [-0.1, -0.05) is 19.1 Å². The van der Waals surface area contributed by atoms with Crippen LogP contribution >= 0.6 is 0 Å². The van der Waals surface area contributed by atoms with Gasteiger partial charge in [-0.15, -0.1) is 0 Å². The minimum Gasteiger partial charge on any atom is -0.431 e. The first-order valence-corrected chi connectivity index (χ1v) is 3.26. The van der Waals surface area contributed by atoms with E-state index in [0.717, 1.165) is 6.42 Å². The summed E-state index contributed by atoms with van der Waals surface area (Å²) in [6, 6.07) is 0. The summed E-state index contributed by atoms with van der Waals surface area (Å²) in [5.74, 6) is 0. The monoisotopic (exact) mass is 143 g/mol. The van der Waals surface area contributed by atoms with Crippen molar-refractivity contribution in [2.45, 2.75) is 19.8 Å². The molecule has 10 heavy (non-hydrogen) atoms. The van der Waals surface area contributed by atoms with Gasteiger partial charge < -0.3 is 4.74 Å². The van der Waals surface area contributed by atoms with Crippen molar-refractivity contribution in [1.29, 1.82) is 0 Å². The van der Waals surface area contributed by atoms with Crippen molar-refractivity contribution in [2.75, 3.05) is 6.61 Å². The standard InChI is InChI=1S/C7H11O3/c1-2-3-4-5-6-10-7(8)9/h3-4H,2,5-6H2,1H3/b4-3+. The topological polar surface area (TPSA) is 46.2 Å². The maximum atomic E-state index is 9.67. The molecule has 0 unspecified atom stereocenters. The summed E-state index contributed by atoms with van der Waals surface area (Å²) in [5.41, 5.74) is 0. The van der Waals surface area contributed by atoms with Crippen LogP contribution in [0.25, 0.3) is 0 Å². The summed E-state index contributed by atoms with van der Waals surface area (Å²) < 4.78 is 4.14. The molecule has 0 atom stereocenters. The zero-order valence-electron chi connectivity index (χ0n) is 6.00. The van der Waals surface area contributed by atoms with Gasteiger partial charge in [0.25, 0.3) is 0 Å². The van der Waals surface area contributed by atoms with Crippen molar-refractivity contribution in [3.05, 3.63) is 12.2 Å². The minimum atomic E-state index is -1.45. The Labute approximate surface area is 60.3 Å². The first-order chi connectivity index (χ1) is 4.77. The van der Waals surface area contributed by atoms with E-state index < -0.39 is 6.16 Å². The SMILES string of the molecule is CC/C=C/CCOC([O])=O. The zero-order chi connectivity index (χ0) is 7.82. The summed E-state index contributed by atoms with van der Waals surface area (Å²) >= 11 is 0. The van der Waals surface area contributed by atoms with E-state index in [9.17, 15) is 9.90 Å². The van der Waals surface area contributed by atoms with E-state index in [4.69, 9.17) is 0 Å². The lowest BCUT2D eigenvalue weighted by atomic mass is 10.3. The molecule has 0 aliphatic heterocycles. The molecule has 3 nitrogen and oxygen atoms in total. The van der Waals surface area contributed by atoms with E-state index in [1.807, 2.05) is 19.1 Å². The molecule has 0 N–H and O–H groups in total. The lowest BCUT2D eigenvalue weighted by Crippen LogP contribution is -1.98. The molecule has 0 heterocycles. The number of allylic oxidation sites excluding steroid dienone is 1. The molecule has 0 amide bonds.